The lowest BCUT2D eigenvalue weighted by molar-refractivity contribution is 0.880. The first-order valence-corrected chi connectivity index (χ1v) is 6.76. The molecule has 1 heterocycles. The average molecular weight is 274 g/mol. The van der Waals surface area contributed by atoms with Crippen LogP contribution in [-0.4, -0.2) is 10.2 Å². The zero-order valence-corrected chi connectivity index (χ0v) is 11.6. The Morgan fingerprint density at radius 1 is 1.00 bits per heavy atom. The monoisotopic (exact) mass is 274 g/mol. The molecule has 2 aromatic carbocycles. The van der Waals surface area contributed by atoms with Crippen LogP contribution in [0.5, 0.6) is 0 Å². The third-order valence-electron chi connectivity index (χ3n) is 3.43. The van der Waals surface area contributed by atoms with Gasteiger partial charge in [-0.3, -0.25) is 0 Å². The summed E-state index contributed by atoms with van der Waals surface area (Å²) in [5, 5.41) is 21.7. The first-order valence-electron chi connectivity index (χ1n) is 6.76. The van der Waals surface area contributed by atoms with Crippen molar-refractivity contribution in [1.82, 2.24) is 10.2 Å². The van der Waals surface area contributed by atoms with E-state index in [1.807, 2.05) is 42.5 Å². The highest BCUT2D eigenvalue weighted by Crippen LogP contribution is 2.27. The van der Waals surface area contributed by atoms with E-state index in [1.54, 1.807) is 0 Å². The molecule has 1 unspecified atom stereocenters. The Bertz CT molecular complexity index is 806. The summed E-state index contributed by atoms with van der Waals surface area (Å²) in [6, 6.07) is 20.0. The fraction of sp³-hybridized carbons (Fsp3) is 0.118. The van der Waals surface area contributed by atoms with Gasteiger partial charge in [0.1, 0.15) is 6.07 Å². The van der Waals surface area contributed by atoms with Crippen molar-refractivity contribution in [2.75, 3.05) is 5.32 Å². The zero-order chi connectivity index (χ0) is 14.7. The third-order valence-corrected chi connectivity index (χ3v) is 3.43. The standard InChI is InChI=1S/C17H14N4/c1-12(13-7-3-2-4-8-13)19-17-14-9-5-6-10-15(14)20-21-16(17)11-18/h2-10,12H,1H3,(H,19,20). The van der Waals surface area contributed by atoms with E-state index in [0.717, 1.165) is 22.2 Å². The fourth-order valence-corrected chi connectivity index (χ4v) is 2.32. The van der Waals surface area contributed by atoms with Gasteiger partial charge in [0.05, 0.1) is 11.2 Å². The number of hydrogen-bond acceptors (Lipinski definition) is 4. The second-order valence-corrected chi connectivity index (χ2v) is 4.83. The van der Waals surface area contributed by atoms with Crippen molar-refractivity contribution in [3.63, 3.8) is 0 Å². The molecule has 4 nitrogen and oxygen atoms in total. The molecule has 4 heteroatoms. The summed E-state index contributed by atoms with van der Waals surface area (Å²) >= 11 is 0. The summed E-state index contributed by atoms with van der Waals surface area (Å²) in [7, 11) is 0. The van der Waals surface area contributed by atoms with Gasteiger partial charge in [-0.1, -0.05) is 48.5 Å². The highest BCUT2D eigenvalue weighted by molar-refractivity contribution is 5.92. The molecule has 0 aliphatic heterocycles. The van der Waals surface area contributed by atoms with E-state index in [9.17, 15) is 5.26 Å². The van der Waals surface area contributed by atoms with E-state index in [0.29, 0.717) is 5.69 Å². The van der Waals surface area contributed by atoms with Gasteiger partial charge in [-0.15, -0.1) is 10.2 Å². The lowest BCUT2D eigenvalue weighted by Gasteiger charge is -2.17. The van der Waals surface area contributed by atoms with Crippen LogP contribution in [0.25, 0.3) is 10.9 Å². The third kappa shape index (κ3) is 2.54. The van der Waals surface area contributed by atoms with Gasteiger partial charge in [0.25, 0.3) is 0 Å². The average Bonchev–Trinajstić information content (AvgIpc) is 2.56. The van der Waals surface area contributed by atoms with Crippen LogP contribution in [0.1, 0.15) is 24.2 Å². The maximum Gasteiger partial charge on any atom is 0.186 e. The minimum absolute atomic E-state index is 0.0749. The van der Waals surface area contributed by atoms with Crippen LogP contribution in [0.15, 0.2) is 54.6 Å². The second-order valence-electron chi connectivity index (χ2n) is 4.83. The smallest absolute Gasteiger partial charge is 0.186 e. The molecule has 21 heavy (non-hydrogen) atoms. The molecule has 0 aliphatic rings. The van der Waals surface area contributed by atoms with Crippen molar-refractivity contribution in [2.24, 2.45) is 0 Å². The number of nitrogens with one attached hydrogen (secondary N) is 1. The Hall–Kier alpha value is -2.93. The van der Waals surface area contributed by atoms with Crippen molar-refractivity contribution in [3.8, 4) is 6.07 Å². The maximum absolute atomic E-state index is 9.27. The lowest BCUT2D eigenvalue weighted by atomic mass is 10.1. The van der Waals surface area contributed by atoms with Crippen LogP contribution < -0.4 is 5.32 Å². The highest BCUT2D eigenvalue weighted by atomic mass is 15.1. The second kappa shape index (κ2) is 5.59. The van der Waals surface area contributed by atoms with E-state index >= 15 is 0 Å². The maximum atomic E-state index is 9.27. The van der Waals surface area contributed by atoms with Crippen LogP contribution >= 0.6 is 0 Å². The number of hydrogen-bond donors (Lipinski definition) is 1. The molecule has 0 bridgehead atoms. The number of nitrogens with zero attached hydrogens (tertiary/aromatic N) is 3. The molecule has 0 saturated carbocycles. The number of nitriles is 1. The van der Waals surface area contributed by atoms with Crippen LogP contribution in [0.4, 0.5) is 5.69 Å². The van der Waals surface area contributed by atoms with Gasteiger partial charge in [-0.25, -0.2) is 0 Å². The van der Waals surface area contributed by atoms with Crippen LogP contribution in [0.3, 0.4) is 0 Å². The number of benzene rings is 2. The van der Waals surface area contributed by atoms with E-state index in [1.165, 1.54) is 0 Å². The molecule has 0 amide bonds. The summed E-state index contributed by atoms with van der Waals surface area (Å²) in [5.41, 5.74) is 2.98. The van der Waals surface area contributed by atoms with E-state index < -0.39 is 0 Å². The Morgan fingerprint density at radius 2 is 1.71 bits per heavy atom. The molecular weight excluding hydrogens is 260 g/mol. The topological polar surface area (TPSA) is 61.6 Å². The summed E-state index contributed by atoms with van der Waals surface area (Å²) in [6.07, 6.45) is 0. The predicted octanol–water partition coefficient (Wildman–Crippen LogP) is 3.67. The van der Waals surface area contributed by atoms with E-state index in [-0.39, 0.29) is 6.04 Å². The van der Waals surface area contributed by atoms with Gasteiger partial charge in [0.2, 0.25) is 0 Å². The van der Waals surface area contributed by atoms with E-state index in [2.05, 4.69) is 40.6 Å². The highest BCUT2D eigenvalue weighted by Gasteiger charge is 2.13. The first-order chi connectivity index (χ1) is 10.3. The Labute approximate surface area is 123 Å². The van der Waals surface area contributed by atoms with Gasteiger partial charge in [-0.05, 0) is 18.6 Å². The fourth-order valence-electron chi connectivity index (χ4n) is 2.32. The van der Waals surface area contributed by atoms with Gasteiger partial charge in [0, 0.05) is 11.4 Å². The molecule has 0 radical (unpaired) electrons. The van der Waals surface area contributed by atoms with Gasteiger partial charge >= 0.3 is 0 Å². The SMILES string of the molecule is CC(Nc1c(C#N)nnc2ccccc12)c1ccccc1. The molecular formula is C17H14N4. The number of fused-ring (bicyclic) bond motifs is 1. The van der Waals surface area contributed by atoms with Gasteiger partial charge in [-0.2, -0.15) is 5.26 Å². The quantitative estimate of drug-likeness (QED) is 0.791. The lowest BCUT2D eigenvalue weighted by Crippen LogP contribution is -2.09. The minimum atomic E-state index is 0.0749. The molecule has 0 spiro atoms. The number of aromatic nitrogens is 2. The van der Waals surface area contributed by atoms with Crippen molar-refractivity contribution in [1.29, 1.82) is 5.26 Å². The van der Waals surface area contributed by atoms with Gasteiger partial charge in [0.15, 0.2) is 5.69 Å². The van der Waals surface area contributed by atoms with Crippen LogP contribution in [0.2, 0.25) is 0 Å². The van der Waals surface area contributed by atoms with Gasteiger partial charge < -0.3 is 5.32 Å². The van der Waals surface area contributed by atoms with Crippen molar-refractivity contribution in [3.05, 3.63) is 65.9 Å². The molecule has 3 rings (SSSR count). The van der Waals surface area contributed by atoms with Crippen LogP contribution in [0, 0.1) is 11.3 Å². The Morgan fingerprint density at radius 3 is 2.48 bits per heavy atom. The number of anilines is 1. The normalized spacial score (nSPS) is 11.8. The van der Waals surface area contributed by atoms with Crippen molar-refractivity contribution < 1.29 is 0 Å². The summed E-state index contributed by atoms with van der Waals surface area (Å²) in [6.45, 7) is 2.06. The van der Waals surface area contributed by atoms with Crippen molar-refractivity contribution >= 4 is 16.6 Å². The van der Waals surface area contributed by atoms with Crippen molar-refractivity contribution in [2.45, 2.75) is 13.0 Å². The summed E-state index contributed by atoms with van der Waals surface area (Å²) < 4.78 is 0. The molecule has 0 aliphatic carbocycles. The Kier molecular flexibility index (Phi) is 3.48. The summed E-state index contributed by atoms with van der Waals surface area (Å²) in [5.74, 6) is 0. The van der Waals surface area contributed by atoms with E-state index in [4.69, 9.17) is 0 Å². The largest absolute Gasteiger partial charge is 0.376 e. The molecule has 1 aromatic heterocycles. The van der Waals surface area contributed by atoms with Crippen LogP contribution in [-0.2, 0) is 0 Å². The molecule has 102 valence electrons. The molecule has 1 N–H and O–H groups in total. The minimum Gasteiger partial charge on any atom is -0.376 e. The molecule has 0 fully saturated rings. The molecule has 3 aromatic rings. The molecule has 1 atom stereocenters. The first kappa shape index (κ1) is 13.1. The molecule has 0 saturated heterocycles. The number of rotatable bonds is 3. The Balaban J connectivity index is 2.05. The zero-order valence-electron chi connectivity index (χ0n) is 11.6. The summed E-state index contributed by atoms with van der Waals surface area (Å²) in [4.78, 5) is 0. The predicted molar refractivity (Wildman–Crippen MR) is 82.7 cm³/mol.